The molecule has 1 rings (SSSR count). The lowest BCUT2D eigenvalue weighted by Gasteiger charge is -2.04. The van der Waals surface area contributed by atoms with Crippen LogP contribution in [0.15, 0.2) is 31.1 Å². The molecule has 1 aromatic heterocycles. The normalized spacial score (nSPS) is 9.75. The van der Waals surface area contributed by atoms with Gasteiger partial charge in [0.05, 0.1) is 0 Å². The van der Waals surface area contributed by atoms with Gasteiger partial charge in [-0.05, 0) is 24.1 Å². The zero-order chi connectivity index (χ0) is 8.81. The van der Waals surface area contributed by atoms with Gasteiger partial charge in [-0.2, -0.15) is 0 Å². The highest BCUT2D eigenvalue weighted by Gasteiger charge is 1.94. The summed E-state index contributed by atoms with van der Waals surface area (Å²) in [7, 11) is 0. The van der Waals surface area contributed by atoms with Crippen LogP contribution in [0, 0.1) is 6.92 Å². The van der Waals surface area contributed by atoms with E-state index in [1.165, 1.54) is 11.1 Å². The third-order valence-corrected chi connectivity index (χ3v) is 1.75. The van der Waals surface area contributed by atoms with Crippen LogP contribution in [-0.2, 0) is 6.54 Å². The molecule has 0 aromatic carbocycles. The fraction of sp³-hybridized carbons (Fsp3) is 0.300. The van der Waals surface area contributed by atoms with Crippen LogP contribution in [0.4, 0.5) is 0 Å². The maximum Gasteiger partial charge on any atom is 0.0315 e. The van der Waals surface area contributed by atoms with E-state index in [0.29, 0.717) is 0 Å². The quantitative estimate of drug-likeness (QED) is 0.538. The van der Waals surface area contributed by atoms with Crippen LogP contribution in [-0.4, -0.2) is 11.5 Å². The summed E-state index contributed by atoms with van der Waals surface area (Å²) in [5.41, 5.74) is 2.53. The standard InChI is InChI=1S/C10H14N2/c1-3-5-11-7-10-8-12-6-4-9(10)2/h3-4,6,8,11H,1,5,7H2,2H3. The van der Waals surface area contributed by atoms with E-state index < -0.39 is 0 Å². The molecule has 0 aliphatic carbocycles. The van der Waals surface area contributed by atoms with Gasteiger partial charge in [0, 0.05) is 25.5 Å². The molecular formula is C10H14N2. The summed E-state index contributed by atoms with van der Waals surface area (Å²) in [6.07, 6.45) is 5.56. The minimum atomic E-state index is 0.842. The van der Waals surface area contributed by atoms with E-state index in [2.05, 4.69) is 23.8 Å². The summed E-state index contributed by atoms with van der Waals surface area (Å²) in [5.74, 6) is 0. The third-order valence-electron chi connectivity index (χ3n) is 1.75. The Morgan fingerprint density at radius 1 is 1.67 bits per heavy atom. The molecule has 0 saturated heterocycles. The van der Waals surface area contributed by atoms with Gasteiger partial charge in [-0.1, -0.05) is 6.08 Å². The number of hydrogen-bond donors (Lipinski definition) is 1. The maximum atomic E-state index is 4.06. The van der Waals surface area contributed by atoms with Gasteiger partial charge in [0.2, 0.25) is 0 Å². The summed E-state index contributed by atoms with van der Waals surface area (Å²) in [6.45, 7) is 7.43. The monoisotopic (exact) mass is 162 g/mol. The highest BCUT2D eigenvalue weighted by Crippen LogP contribution is 2.03. The fourth-order valence-corrected chi connectivity index (χ4v) is 0.991. The Morgan fingerprint density at radius 3 is 3.17 bits per heavy atom. The van der Waals surface area contributed by atoms with E-state index in [1.807, 2.05) is 24.5 Å². The Labute approximate surface area is 73.3 Å². The van der Waals surface area contributed by atoms with Crippen LogP contribution in [0.3, 0.4) is 0 Å². The van der Waals surface area contributed by atoms with Crippen LogP contribution in [0.1, 0.15) is 11.1 Å². The largest absolute Gasteiger partial charge is 0.309 e. The first-order valence-corrected chi connectivity index (χ1v) is 4.05. The molecule has 1 aromatic rings. The molecule has 0 amide bonds. The van der Waals surface area contributed by atoms with E-state index in [4.69, 9.17) is 0 Å². The van der Waals surface area contributed by atoms with Crippen LogP contribution in [0.25, 0.3) is 0 Å². The third kappa shape index (κ3) is 2.47. The first kappa shape index (κ1) is 8.94. The van der Waals surface area contributed by atoms with Crippen molar-refractivity contribution in [3.8, 4) is 0 Å². The maximum absolute atomic E-state index is 4.06. The Balaban J connectivity index is 2.51. The molecule has 2 heteroatoms. The molecule has 64 valence electrons. The van der Waals surface area contributed by atoms with Crippen molar-refractivity contribution in [1.29, 1.82) is 0 Å². The minimum Gasteiger partial charge on any atom is -0.309 e. The Bertz CT molecular complexity index is 256. The predicted octanol–water partition coefficient (Wildman–Crippen LogP) is 1.67. The predicted molar refractivity (Wildman–Crippen MR) is 50.9 cm³/mol. The van der Waals surface area contributed by atoms with E-state index >= 15 is 0 Å². The molecule has 0 aliphatic rings. The van der Waals surface area contributed by atoms with Gasteiger partial charge in [0.25, 0.3) is 0 Å². The molecule has 1 heterocycles. The molecule has 0 spiro atoms. The minimum absolute atomic E-state index is 0.842. The Kier molecular flexibility index (Phi) is 3.48. The second kappa shape index (κ2) is 4.67. The number of aryl methyl sites for hydroxylation is 1. The second-order valence-electron chi connectivity index (χ2n) is 2.72. The molecule has 1 N–H and O–H groups in total. The summed E-state index contributed by atoms with van der Waals surface area (Å²) in [4.78, 5) is 4.06. The number of nitrogens with zero attached hydrogens (tertiary/aromatic N) is 1. The van der Waals surface area contributed by atoms with Gasteiger partial charge in [0.1, 0.15) is 0 Å². The fourth-order valence-electron chi connectivity index (χ4n) is 0.991. The van der Waals surface area contributed by atoms with Crippen LogP contribution >= 0.6 is 0 Å². The molecule has 0 atom stereocenters. The van der Waals surface area contributed by atoms with Crippen LogP contribution in [0.5, 0.6) is 0 Å². The number of rotatable bonds is 4. The summed E-state index contributed by atoms with van der Waals surface area (Å²) < 4.78 is 0. The zero-order valence-corrected chi connectivity index (χ0v) is 7.38. The van der Waals surface area contributed by atoms with Crippen LogP contribution in [0.2, 0.25) is 0 Å². The van der Waals surface area contributed by atoms with Gasteiger partial charge in [-0.15, -0.1) is 6.58 Å². The number of nitrogens with one attached hydrogen (secondary N) is 1. The topological polar surface area (TPSA) is 24.9 Å². The van der Waals surface area contributed by atoms with Crippen molar-refractivity contribution >= 4 is 0 Å². The van der Waals surface area contributed by atoms with E-state index in [9.17, 15) is 0 Å². The lowest BCUT2D eigenvalue weighted by atomic mass is 10.2. The van der Waals surface area contributed by atoms with Crippen molar-refractivity contribution in [3.05, 3.63) is 42.2 Å². The number of aromatic nitrogens is 1. The van der Waals surface area contributed by atoms with Gasteiger partial charge in [-0.25, -0.2) is 0 Å². The summed E-state index contributed by atoms with van der Waals surface area (Å²) in [5, 5.41) is 3.23. The zero-order valence-electron chi connectivity index (χ0n) is 7.38. The van der Waals surface area contributed by atoms with Crippen LogP contribution < -0.4 is 5.32 Å². The molecule has 0 radical (unpaired) electrons. The second-order valence-corrected chi connectivity index (χ2v) is 2.72. The molecular weight excluding hydrogens is 148 g/mol. The molecule has 0 saturated carbocycles. The van der Waals surface area contributed by atoms with Gasteiger partial charge in [-0.3, -0.25) is 4.98 Å². The first-order valence-electron chi connectivity index (χ1n) is 4.05. The molecule has 0 unspecified atom stereocenters. The Morgan fingerprint density at radius 2 is 2.50 bits per heavy atom. The van der Waals surface area contributed by atoms with Crippen molar-refractivity contribution in [1.82, 2.24) is 10.3 Å². The average molecular weight is 162 g/mol. The summed E-state index contributed by atoms with van der Waals surface area (Å²) >= 11 is 0. The van der Waals surface area contributed by atoms with E-state index in [0.717, 1.165) is 13.1 Å². The van der Waals surface area contributed by atoms with Gasteiger partial charge >= 0.3 is 0 Å². The highest BCUT2D eigenvalue weighted by molar-refractivity contribution is 5.20. The Hall–Kier alpha value is -1.15. The average Bonchev–Trinajstić information content (AvgIpc) is 2.09. The smallest absolute Gasteiger partial charge is 0.0315 e. The first-order chi connectivity index (χ1) is 5.84. The molecule has 0 aliphatic heterocycles. The lowest BCUT2D eigenvalue weighted by Crippen LogP contribution is -2.13. The SMILES string of the molecule is C=CCNCc1cnccc1C. The number of pyridine rings is 1. The van der Waals surface area contributed by atoms with Crippen molar-refractivity contribution in [2.45, 2.75) is 13.5 Å². The van der Waals surface area contributed by atoms with Gasteiger partial charge < -0.3 is 5.32 Å². The molecule has 12 heavy (non-hydrogen) atoms. The number of hydrogen-bond acceptors (Lipinski definition) is 2. The summed E-state index contributed by atoms with van der Waals surface area (Å²) in [6, 6.07) is 2.02. The molecule has 2 nitrogen and oxygen atoms in total. The van der Waals surface area contributed by atoms with E-state index in [-0.39, 0.29) is 0 Å². The van der Waals surface area contributed by atoms with Gasteiger partial charge in [0.15, 0.2) is 0 Å². The van der Waals surface area contributed by atoms with Crippen molar-refractivity contribution < 1.29 is 0 Å². The van der Waals surface area contributed by atoms with Crippen molar-refractivity contribution in [3.63, 3.8) is 0 Å². The van der Waals surface area contributed by atoms with Crippen molar-refractivity contribution in [2.24, 2.45) is 0 Å². The van der Waals surface area contributed by atoms with E-state index in [1.54, 1.807) is 0 Å². The molecule has 0 fully saturated rings. The lowest BCUT2D eigenvalue weighted by molar-refractivity contribution is 0.753. The highest BCUT2D eigenvalue weighted by atomic mass is 14.8. The van der Waals surface area contributed by atoms with Crippen molar-refractivity contribution in [2.75, 3.05) is 6.54 Å². The molecule has 0 bridgehead atoms.